The number of anilines is 1. The standard InChI is InChI=1S/C19H24N4O3S/c24-17(21-16-8-11-26-22-16)15-12-27-18(20-15)13-6-9-23(10-7-13)19(25)14-4-2-1-3-5-14/h8,11-14H,1-7,9-10H2,(H,21,22,24). The van der Waals surface area contributed by atoms with E-state index in [2.05, 4.69) is 15.5 Å². The molecule has 2 aliphatic rings. The molecule has 2 amide bonds. The fourth-order valence-electron chi connectivity index (χ4n) is 3.99. The summed E-state index contributed by atoms with van der Waals surface area (Å²) in [7, 11) is 0. The van der Waals surface area contributed by atoms with Gasteiger partial charge in [-0.25, -0.2) is 4.98 Å². The highest BCUT2D eigenvalue weighted by Crippen LogP contribution is 2.32. The topological polar surface area (TPSA) is 88.3 Å². The molecule has 1 N–H and O–H groups in total. The average molecular weight is 388 g/mol. The van der Waals surface area contributed by atoms with E-state index in [4.69, 9.17) is 4.52 Å². The first-order valence-electron chi connectivity index (χ1n) is 9.66. The van der Waals surface area contributed by atoms with Crippen LogP contribution in [0.1, 0.15) is 66.4 Å². The third-order valence-corrected chi connectivity index (χ3v) is 6.55. The first kappa shape index (κ1) is 18.2. The summed E-state index contributed by atoms with van der Waals surface area (Å²) >= 11 is 1.52. The van der Waals surface area contributed by atoms with Crippen molar-refractivity contribution in [1.29, 1.82) is 0 Å². The zero-order valence-electron chi connectivity index (χ0n) is 15.2. The van der Waals surface area contributed by atoms with E-state index in [1.807, 2.05) is 4.90 Å². The van der Waals surface area contributed by atoms with Gasteiger partial charge in [0.1, 0.15) is 12.0 Å². The van der Waals surface area contributed by atoms with Crippen LogP contribution in [0.25, 0.3) is 0 Å². The molecule has 7 nitrogen and oxygen atoms in total. The number of rotatable bonds is 4. The van der Waals surface area contributed by atoms with E-state index in [0.29, 0.717) is 23.3 Å². The van der Waals surface area contributed by atoms with Gasteiger partial charge in [-0.2, -0.15) is 0 Å². The number of amides is 2. The van der Waals surface area contributed by atoms with E-state index in [1.165, 1.54) is 36.9 Å². The number of aromatic nitrogens is 2. The van der Waals surface area contributed by atoms with Gasteiger partial charge in [0.05, 0.1) is 5.01 Å². The Balaban J connectivity index is 1.31. The maximum absolute atomic E-state index is 12.7. The highest BCUT2D eigenvalue weighted by molar-refractivity contribution is 7.09. The quantitative estimate of drug-likeness (QED) is 0.863. The van der Waals surface area contributed by atoms with E-state index in [1.54, 1.807) is 11.4 Å². The van der Waals surface area contributed by atoms with Crippen LogP contribution in [0.3, 0.4) is 0 Å². The number of carbonyl (C=O) groups excluding carboxylic acids is 2. The van der Waals surface area contributed by atoms with Crippen molar-refractivity contribution in [3.8, 4) is 0 Å². The third kappa shape index (κ3) is 4.21. The minimum atomic E-state index is -0.281. The van der Waals surface area contributed by atoms with Gasteiger partial charge in [-0.1, -0.05) is 24.4 Å². The molecule has 4 rings (SSSR count). The lowest BCUT2D eigenvalue weighted by atomic mass is 9.87. The van der Waals surface area contributed by atoms with E-state index < -0.39 is 0 Å². The molecule has 8 heteroatoms. The molecule has 1 aliphatic carbocycles. The fraction of sp³-hybridized carbons (Fsp3) is 0.579. The summed E-state index contributed by atoms with van der Waals surface area (Å²) in [5.74, 6) is 1.00. The number of likely N-dealkylation sites (tertiary alicyclic amines) is 1. The van der Waals surface area contributed by atoms with Gasteiger partial charge in [0, 0.05) is 36.4 Å². The van der Waals surface area contributed by atoms with Crippen LogP contribution in [0.15, 0.2) is 22.2 Å². The van der Waals surface area contributed by atoms with Gasteiger partial charge in [0.25, 0.3) is 5.91 Å². The first-order valence-corrected chi connectivity index (χ1v) is 10.5. The molecule has 3 heterocycles. The van der Waals surface area contributed by atoms with Crippen LogP contribution in [-0.4, -0.2) is 39.9 Å². The lowest BCUT2D eigenvalue weighted by molar-refractivity contribution is -0.137. The van der Waals surface area contributed by atoms with Crippen molar-refractivity contribution in [2.24, 2.45) is 5.92 Å². The Bertz CT molecular complexity index is 775. The molecule has 144 valence electrons. The highest BCUT2D eigenvalue weighted by Gasteiger charge is 2.30. The number of nitrogens with zero attached hydrogens (tertiary/aromatic N) is 3. The molecule has 27 heavy (non-hydrogen) atoms. The number of thiazole rings is 1. The Morgan fingerprint density at radius 1 is 1.15 bits per heavy atom. The second kappa shape index (κ2) is 8.21. The summed E-state index contributed by atoms with van der Waals surface area (Å²) in [5.41, 5.74) is 0.402. The molecule has 0 aromatic carbocycles. The summed E-state index contributed by atoms with van der Waals surface area (Å²) in [6.45, 7) is 1.58. The van der Waals surface area contributed by atoms with Gasteiger partial charge >= 0.3 is 0 Å². The van der Waals surface area contributed by atoms with Crippen molar-refractivity contribution < 1.29 is 14.1 Å². The number of carbonyl (C=O) groups is 2. The molecule has 0 atom stereocenters. The van der Waals surface area contributed by atoms with Gasteiger partial charge in [0.15, 0.2) is 5.82 Å². The fourth-order valence-corrected chi connectivity index (χ4v) is 4.96. The van der Waals surface area contributed by atoms with Crippen LogP contribution < -0.4 is 5.32 Å². The Hall–Kier alpha value is -2.22. The Kier molecular flexibility index (Phi) is 5.52. The molecule has 2 aromatic heterocycles. The maximum atomic E-state index is 12.7. The van der Waals surface area contributed by atoms with Crippen LogP contribution in [-0.2, 0) is 4.79 Å². The summed E-state index contributed by atoms with van der Waals surface area (Å²) in [6.07, 6.45) is 8.97. The van der Waals surface area contributed by atoms with Crippen molar-refractivity contribution >= 4 is 29.0 Å². The SMILES string of the molecule is O=C(Nc1ccon1)c1csc(C2CCN(C(=O)C3CCCCC3)CC2)n1. The molecule has 1 saturated carbocycles. The summed E-state index contributed by atoms with van der Waals surface area (Å²) in [6, 6.07) is 1.59. The Morgan fingerprint density at radius 2 is 1.93 bits per heavy atom. The van der Waals surface area contributed by atoms with Gasteiger partial charge < -0.3 is 14.7 Å². The number of hydrogen-bond donors (Lipinski definition) is 1. The van der Waals surface area contributed by atoms with Crippen LogP contribution in [0.5, 0.6) is 0 Å². The molecule has 1 aliphatic heterocycles. The Morgan fingerprint density at radius 3 is 2.63 bits per heavy atom. The van der Waals surface area contributed by atoms with Gasteiger partial charge in [0.2, 0.25) is 5.91 Å². The number of hydrogen-bond acceptors (Lipinski definition) is 6. The largest absolute Gasteiger partial charge is 0.363 e. The average Bonchev–Trinajstić information content (AvgIpc) is 3.40. The van der Waals surface area contributed by atoms with Crippen LogP contribution >= 0.6 is 11.3 Å². The van der Waals surface area contributed by atoms with Crippen LogP contribution in [0, 0.1) is 5.92 Å². The summed E-state index contributed by atoms with van der Waals surface area (Å²) in [4.78, 5) is 31.5. The maximum Gasteiger partial charge on any atom is 0.276 e. The third-order valence-electron chi connectivity index (χ3n) is 5.54. The minimum absolute atomic E-state index is 0.238. The lowest BCUT2D eigenvalue weighted by Crippen LogP contribution is -2.41. The van der Waals surface area contributed by atoms with Crippen molar-refractivity contribution in [1.82, 2.24) is 15.0 Å². The lowest BCUT2D eigenvalue weighted by Gasteiger charge is -2.34. The van der Waals surface area contributed by atoms with Crippen molar-refractivity contribution in [2.45, 2.75) is 50.9 Å². The highest BCUT2D eigenvalue weighted by atomic mass is 32.1. The van der Waals surface area contributed by atoms with Crippen molar-refractivity contribution in [3.05, 3.63) is 28.4 Å². The van der Waals surface area contributed by atoms with Crippen LogP contribution in [0.4, 0.5) is 5.82 Å². The van der Waals surface area contributed by atoms with E-state index >= 15 is 0 Å². The van der Waals surface area contributed by atoms with E-state index in [-0.39, 0.29) is 11.8 Å². The molecule has 2 aromatic rings. The monoisotopic (exact) mass is 388 g/mol. The molecule has 0 radical (unpaired) electrons. The second-order valence-electron chi connectivity index (χ2n) is 7.34. The predicted octanol–water partition coefficient (Wildman–Crippen LogP) is 3.67. The normalized spacial score (nSPS) is 19.2. The number of piperidine rings is 1. The second-order valence-corrected chi connectivity index (χ2v) is 8.23. The summed E-state index contributed by atoms with van der Waals surface area (Å²) < 4.78 is 4.71. The first-order chi connectivity index (χ1) is 13.2. The molecule has 0 spiro atoms. The molecule has 1 saturated heterocycles. The molecular weight excluding hydrogens is 364 g/mol. The Labute approximate surface area is 162 Å². The zero-order chi connectivity index (χ0) is 18.6. The van der Waals surface area contributed by atoms with Gasteiger partial charge in [-0.05, 0) is 25.7 Å². The van der Waals surface area contributed by atoms with Gasteiger partial charge in [-0.3, -0.25) is 9.59 Å². The van der Waals surface area contributed by atoms with Crippen molar-refractivity contribution in [2.75, 3.05) is 18.4 Å². The molecule has 0 bridgehead atoms. The minimum Gasteiger partial charge on any atom is -0.363 e. The molecular formula is C19H24N4O3S. The van der Waals surface area contributed by atoms with Crippen LogP contribution in [0.2, 0.25) is 0 Å². The molecule has 2 fully saturated rings. The van der Waals surface area contributed by atoms with Crippen molar-refractivity contribution in [3.63, 3.8) is 0 Å². The van der Waals surface area contributed by atoms with E-state index in [0.717, 1.165) is 43.8 Å². The van der Waals surface area contributed by atoms with E-state index in [9.17, 15) is 9.59 Å². The number of nitrogens with one attached hydrogen (secondary N) is 1. The predicted molar refractivity (Wildman–Crippen MR) is 102 cm³/mol. The van der Waals surface area contributed by atoms with Gasteiger partial charge in [-0.15, -0.1) is 11.3 Å². The zero-order valence-corrected chi connectivity index (χ0v) is 16.0. The molecule has 0 unspecified atom stereocenters. The summed E-state index contributed by atoms with van der Waals surface area (Å²) in [5, 5.41) is 9.09. The smallest absolute Gasteiger partial charge is 0.276 e.